The molecule has 0 radical (unpaired) electrons. The monoisotopic (exact) mass is 357 g/mol. The van der Waals surface area contributed by atoms with Crippen LogP contribution in [0.1, 0.15) is 31.8 Å². The number of hydrogen-bond acceptors (Lipinski definition) is 5. The Morgan fingerprint density at radius 2 is 1.70 bits per heavy atom. The van der Waals surface area contributed by atoms with Crippen LogP contribution in [-0.4, -0.2) is 21.8 Å². The van der Waals surface area contributed by atoms with Crippen molar-refractivity contribution in [2.75, 3.05) is 5.32 Å². The quantitative estimate of drug-likeness (QED) is 0.729. The number of rotatable bonds is 5. The van der Waals surface area contributed by atoms with Crippen molar-refractivity contribution in [2.45, 2.75) is 6.54 Å². The Balaban J connectivity index is 1.65. The van der Waals surface area contributed by atoms with Gasteiger partial charge in [-0.05, 0) is 42.0 Å². The molecule has 0 aliphatic heterocycles. The summed E-state index contributed by atoms with van der Waals surface area (Å²) in [4.78, 5) is 32.6. The molecule has 2 N–H and O–H groups in total. The van der Waals surface area contributed by atoms with E-state index in [1.54, 1.807) is 42.7 Å². The Bertz CT molecular complexity index is 995. The highest BCUT2D eigenvalue weighted by molar-refractivity contribution is 6.05. The van der Waals surface area contributed by atoms with Gasteiger partial charge in [0.05, 0.1) is 22.8 Å². The van der Waals surface area contributed by atoms with Gasteiger partial charge < -0.3 is 10.6 Å². The van der Waals surface area contributed by atoms with Crippen molar-refractivity contribution in [3.63, 3.8) is 0 Å². The zero-order valence-corrected chi connectivity index (χ0v) is 14.2. The molecule has 0 aliphatic carbocycles. The van der Waals surface area contributed by atoms with Gasteiger partial charge in [0.2, 0.25) is 0 Å². The Labute approximate surface area is 155 Å². The molecular formula is C20H15N5O2. The zero-order chi connectivity index (χ0) is 19.1. The molecule has 0 saturated carbocycles. The fraction of sp³-hybridized carbons (Fsp3) is 0.0500. The normalized spacial score (nSPS) is 9.89. The van der Waals surface area contributed by atoms with E-state index in [1.807, 2.05) is 12.1 Å². The van der Waals surface area contributed by atoms with Gasteiger partial charge >= 0.3 is 0 Å². The van der Waals surface area contributed by atoms with Crippen LogP contribution in [0.4, 0.5) is 5.69 Å². The molecule has 0 bridgehead atoms. The highest BCUT2D eigenvalue weighted by Crippen LogP contribution is 2.11. The minimum absolute atomic E-state index is 0.258. The van der Waals surface area contributed by atoms with Crippen molar-refractivity contribution in [2.24, 2.45) is 0 Å². The summed E-state index contributed by atoms with van der Waals surface area (Å²) in [7, 11) is 0. The van der Waals surface area contributed by atoms with Crippen molar-refractivity contribution >= 4 is 17.5 Å². The number of benzene rings is 1. The molecule has 0 fully saturated rings. The molecule has 3 rings (SSSR count). The first-order valence-corrected chi connectivity index (χ1v) is 8.09. The third-order valence-corrected chi connectivity index (χ3v) is 3.71. The van der Waals surface area contributed by atoms with E-state index in [0.29, 0.717) is 17.8 Å². The van der Waals surface area contributed by atoms with E-state index in [4.69, 9.17) is 5.26 Å². The third kappa shape index (κ3) is 4.74. The Morgan fingerprint density at radius 1 is 0.963 bits per heavy atom. The first-order chi connectivity index (χ1) is 13.2. The standard InChI is InChI=1S/C20H15N5O2/c21-9-14-3-5-18(6-4-14)25-20(27)17-8-16(12-23-13-17)19(26)24-11-15-2-1-7-22-10-15/h1-8,10,12-13H,11H2,(H,24,26)(H,25,27). The molecule has 7 heteroatoms. The smallest absolute Gasteiger partial charge is 0.257 e. The second kappa shape index (κ2) is 8.36. The number of nitrogens with one attached hydrogen (secondary N) is 2. The molecule has 0 spiro atoms. The molecule has 0 atom stereocenters. The number of aromatic nitrogens is 2. The maximum absolute atomic E-state index is 12.4. The highest BCUT2D eigenvalue weighted by Gasteiger charge is 2.12. The molecule has 132 valence electrons. The summed E-state index contributed by atoms with van der Waals surface area (Å²) in [5.41, 5.74) is 2.46. The summed E-state index contributed by atoms with van der Waals surface area (Å²) in [6.07, 6.45) is 6.11. The van der Waals surface area contributed by atoms with Crippen LogP contribution < -0.4 is 10.6 Å². The summed E-state index contributed by atoms with van der Waals surface area (Å²) in [5.74, 6) is -0.728. The summed E-state index contributed by atoms with van der Waals surface area (Å²) >= 11 is 0. The maximum Gasteiger partial charge on any atom is 0.257 e. The van der Waals surface area contributed by atoms with Gasteiger partial charge in [0.1, 0.15) is 0 Å². The summed E-state index contributed by atoms with van der Waals surface area (Å²) in [5, 5.41) is 14.3. The van der Waals surface area contributed by atoms with Gasteiger partial charge in [-0.2, -0.15) is 5.26 Å². The molecular weight excluding hydrogens is 342 g/mol. The largest absolute Gasteiger partial charge is 0.348 e. The molecule has 2 heterocycles. The number of hydrogen-bond donors (Lipinski definition) is 2. The Morgan fingerprint density at radius 3 is 2.37 bits per heavy atom. The SMILES string of the molecule is N#Cc1ccc(NC(=O)c2cncc(C(=O)NCc3cccnc3)c2)cc1. The maximum atomic E-state index is 12.4. The van der Waals surface area contributed by atoms with Crippen LogP contribution in [0.2, 0.25) is 0 Å². The third-order valence-electron chi connectivity index (χ3n) is 3.71. The van der Waals surface area contributed by atoms with Crippen molar-refractivity contribution in [3.8, 4) is 6.07 Å². The molecule has 27 heavy (non-hydrogen) atoms. The van der Waals surface area contributed by atoms with Crippen molar-refractivity contribution in [3.05, 3.63) is 89.5 Å². The van der Waals surface area contributed by atoms with E-state index < -0.39 is 5.91 Å². The van der Waals surface area contributed by atoms with Gasteiger partial charge in [-0.25, -0.2) is 0 Å². The van der Waals surface area contributed by atoms with Gasteiger partial charge in [0.15, 0.2) is 0 Å². The van der Waals surface area contributed by atoms with Gasteiger partial charge in [0.25, 0.3) is 11.8 Å². The molecule has 0 aliphatic rings. The van der Waals surface area contributed by atoms with Gasteiger partial charge in [-0.3, -0.25) is 19.6 Å². The average Bonchev–Trinajstić information content (AvgIpc) is 2.73. The van der Waals surface area contributed by atoms with Crippen LogP contribution in [0, 0.1) is 11.3 Å². The fourth-order valence-corrected chi connectivity index (χ4v) is 2.31. The number of carbonyl (C=O) groups is 2. The first-order valence-electron chi connectivity index (χ1n) is 8.09. The van der Waals surface area contributed by atoms with Crippen LogP contribution in [-0.2, 0) is 6.54 Å². The van der Waals surface area contributed by atoms with E-state index in [2.05, 4.69) is 20.6 Å². The predicted molar refractivity (Wildman–Crippen MR) is 98.8 cm³/mol. The van der Waals surface area contributed by atoms with E-state index in [-0.39, 0.29) is 17.0 Å². The molecule has 7 nitrogen and oxygen atoms in total. The van der Waals surface area contributed by atoms with Crippen molar-refractivity contribution < 1.29 is 9.59 Å². The number of nitriles is 1. The first kappa shape index (κ1) is 17.8. The Hall–Kier alpha value is -4.05. The van der Waals surface area contributed by atoms with Crippen LogP contribution in [0.25, 0.3) is 0 Å². The average molecular weight is 357 g/mol. The molecule has 0 unspecified atom stereocenters. The summed E-state index contributed by atoms with van der Waals surface area (Å²) in [6.45, 7) is 0.328. The second-order valence-corrected chi connectivity index (χ2v) is 5.65. The number of anilines is 1. The van der Waals surface area contributed by atoms with Crippen molar-refractivity contribution in [1.29, 1.82) is 5.26 Å². The van der Waals surface area contributed by atoms with E-state index in [1.165, 1.54) is 18.5 Å². The van der Waals surface area contributed by atoms with E-state index >= 15 is 0 Å². The lowest BCUT2D eigenvalue weighted by atomic mass is 10.1. The highest BCUT2D eigenvalue weighted by atomic mass is 16.2. The minimum Gasteiger partial charge on any atom is -0.348 e. The minimum atomic E-state index is -0.394. The molecule has 0 saturated heterocycles. The lowest BCUT2D eigenvalue weighted by Gasteiger charge is -2.08. The second-order valence-electron chi connectivity index (χ2n) is 5.65. The predicted octanol–water partition coefficient (Wildman–Crippen LogP) is 2.53. The van der Waals surface area contributed by atoms with Gasteiger partial charge in [0, 0.05) is 37.0 Å². The molecule has 2 aromatic heterocycles. The van der Waals surface area contributed by atoms with Gasteiger partial charge in [-0.15, -0.1) is 0 Å². The lowest BCUT2D eigenvalue weighted by Crippen LogP contribution is -2.23. The van der Waals surface area contributed by atoms with Crippen LogP contribution in [0.5, 0.6) is 0 Å². The fourth-order valence-electron chi connectivity index (χ4n) is 2.31. The molecule has 1 aromatic carbocycles. The number of pyridine rings is 2. The van der Waals surface area contributed by atoms with Crippen LogP contribution >= 0.6 is 0 Å². The summed E-state index contributed by atoms with van der Waals surface area (Å²) in [6, 6.07) is 13.6. The van der Waals surface area contributed by atoms with E-state index in [9.17, 15) is 9.59 Å². The van der Waals surface area contributed by atoms with Crippen LogP contribution in [0.3, 0.4) is 0 Å². The molecule has 3 aromatic rings. The summed E-state index contributed by atoms with van der Waals surface area (Å²) < 4.78 is 0. The zero-order valence-electron chi connectivity index (χ0n) is 14.2. The van der Waals surface area contributed by atoms with E-state index in [0.717, 1.165) is 5.56 Å². The number of carbonyl (C=O) groups excluding carboxylic acids is 2. The number of amides is 2. The lowest BCUT2D eigenvalue weighted by molar-refractivity contribution is 0.0950. The van der Waals surface area contributed by atoms with Gasteiger partial charge in [-0.1, -0.05) is 6.07 Å². The van der Waals surface area contributed by atoms with Crippen LogP contribution in [0.15, 0.2) is 67.3 Å². The Kier molecular flexibility index (Phi) is 5.50. The number of nitrogens with zero attached hydrogens (tertiary/aromatic N) is 3. The molecule has 2 amide bonds. The topological polar surface area (TPSA) is 108 Å². The van der Waals surface area contributed by atoms with Crippen molar-refractivity contribution in [1.82, 2.24) is 15.3 Å².